The van der Waals surface area contributed by atoms with Crippen LogP contribution in [0.2, 0.25) is 5.28 Å². The molecule has 0 bridgehead atoms. The van der Waals surface area contributed by atoms with Crippen molar-refractivity contribution < 1.29 is 0 Å². The van der Waals surface area contributed by atoms with E-state index in [4.69, 9.17) is 11.6 Å². The zero-order valence-corrected chi connectivity index (χ0v) is 12.4. The van der Waals surface area contributed by atoms with Crippen molar-refractivity contribution in [3.8, 4) is 0 Å². The quantitative estimate of drug-likeness (QED) is 0.924. The van der Waals surface area contributed by atoms with E-state index < -0.39 is 0 Å². The maximum atomic E-state index is 6.04. The predicted octanol–water partition coefficient (Wildman–Crippen LogP) is 2.33. The minimum atomic E-state index is 0.264. The second kappa shape index (κ2) is 6.54. The molecule has 0 amide bonds. The maximum Gasteiger partial charge on any atom is 0.243 e. The highest BCUT2D eigenvalue weighted by Gasteiger charge is 2.17. The Hall–Kier alpha value is -1.14. The number of hydrazine groups is 1. The Morgan fingerprint density at radius 3 is 2.15 bits per heavy atom. The summed E-state index contributed by atoms with van der Waals surface area (Å²) in [5, 5.41) is 2.43. The summed E-state index contributed by atoms with van der Waals surface area (Å²) in [6.07, 6.45) is 7.40. The van der Waals surface area contributed by atoms with Crippen LogP contribution in [0.4, 0.5) is 11.9 Å². The van der Waals surface area contributed by atoms with Crippen molar-refractivity contribution in [2.75, 3.05) is 36.5 Å². The first-order chi connectivity index (χ1) is 9.81. The van der Waals surface area contributed by atoms with E-state index in [2.05, 4.69) is 30.3 Å². The number of aromatic nitrogens is 3. The number of halogens is 1. The fourth-order valence-corrected chi connectivity index (χ4v) is 2.93. The highest BCUT2D eigenvalue weighted by Crippen LogP contribution is 2.19. The number of piperidine rings is 2. The molecule has 1 aromatic rings. The zero-order valence-electron chi connectivity index (χ0n) is 11.7. The Labute approximate surface area is 124 Å². The Kier molecular flexibility index (Phi) is 4.52. The third-order valence-corrected chi connectivity index (χ3v) is 4.02. The Bertz CT molecular complexity index is 442. The van der Waals surface area contributed by atoms with Gasteiger partial charge in [-0.2, -0.15) is 15.0 Å². The van der Waals surface area contributed by atoms with Gasteiger partial charge in [0.05, 0.1) is 0 Å². The maximum absolute atomic E-state index is 6.04. The van der Waals surface area contributed by atoms with Gasteiger partial charge in [-0.15, -0.1) is 0 Å². The van der Waals surface area contributed by atoms with Crippen LogP contribution < -0.4 is 10.3 Å². The van der Waals surface area contributed by atoms with Crippen molar-refractivity contribution in [2.45, 2.75) is 38.5 Å². The van der Waals surface area contributed by atoms with Crippen LogP contribution in [0.3, 0.4) is 0 Å². The first-order valence-electron chi connectivity index (χ1n) is 7.49. The second-order valence-electron chi connectivity index (χ2n) is 5.44. The standard InChI is InChI=1S/C13H21ClN6/c14-11-15-12(18-20-9-5-2-6-10-20)17-13(16-11)19-7-3-1-4-8-19/h1-10H2,(H,15,16,17,18). The minimum Gasteiger partial charge on any atom is -0.341 e. The number of anilines is 2. The molecule has 0 radical (unpaired) electrons. The highest BCUT2D eigenvalue weighted by molar-refractivity contribution is 6.28. The Morgan fingerprint density at radius 2 is 1.45 bits per heavy atom. The van der Waals surface area contributed by atoms with Gasteiger partial charge in [-0.05, 0) is 43.7 Å². The Balaban J connectivity index is 1.71. The molecule has 3 rings (SSSR count). The third kappa shape index (κ3) is 3.49. The van der Waals surface area contributed by atoms with E-state index >= 15 is 0 Å². The van der Waals surface area contributed by atoms with Crippen molar-refractivity contribution in [2.24, 2.45) is 0 Å². The van der Waals surface area contributed by atoms with E-state index in [1.807, 2.05) is 0 Å². The van der Waals surface area contributed by atoms with E-state index in [1.54, 1.807) is 0 Å². The van der Waals surface area contributed by atoms with Crippen molar-refractivity contribution in [3.63, 3.8) is 0 Å². The van der Waals surface area contributed by atoms with E-state index in [1.165, 1.54) is 38.5 Å². The number of hydrogen-bond donors (Lipinski definition) is 1. The van der Waals surface area contributed by atoms with Gasteiger partial charge in [0.1, 0.15) is 0 Å². The SMILES string of the molecule is Clc1nc(NN2CCCCC2)nc(N2CCCCC2)n1. The normalized spacial score (nSPS) is 20.9. The number of rotatable bonds is 3. The summed E-state index contributed by atoms with van der Waals surface area (Å²) in [4.78, 5) is 15.2. The van der Waals surface area contributed by atoms with Gasteiger partial charge in [-0.1, -0.05) is 6.42 Å². The van der Waals surface area contributed by atoms with Crippen LogP contribution in [0, 0.1) is 0 Å². The summed E-state index contributed by atoms with van der Waals surface area (Å²) in [7, 11) is 0. The molecule has 0 aliphatic carbocycles. The molecule has 0 spiro atoms. The van der Waals surface area contributed by atoms with Crippen molar-refractivity contribution in [3.05, 3.63) is 5.28 Å². The van der Waals surface area contributed by atoms with Gasteiger partial charge in [0, 0.05) is 26.2 Å². The average Bonchev–Trinajstić information content (AvgIpc) is 2.49. The fourth-order valence-electron chi connectivity index (χ4n) is 2.77. The van der Waals surface area contributed by atoms with Crippen LogP contribution >= 0.6 is 11.6 Å². The van der Waals surface area contributed by atoms with E-state index in [-0.39, 0.29) is 5.28 Å². The molecule has 6 nitrogen and oxygen atoms in total. The van der Waals surface area contributed by atoms with Crippen LogP contribution in [0.15, 0.2) is 0 Å². The molecule has 2 saturated heterocycles. The van der Waals surface area contributed by atoms with Crippen molar-refractivity contribution in [1.82, 2.24) is 20.0 Å². The van der Waals surface area contributed by atoms with Crippen LogP contribution in [-0.4, -0.2) is 46.1 Å². The molecule has 0 atom stereocenters. The van der Waals surface area contributed by atoms with Crippen LogP contribution in [-0.2, 0) is 0 Å². The molecule has 1 N–H and O–H groups in total. The molecule has 0 aromatic carbocycles. The lowest BCUT2D eigenvalue weighted by Crippen LogP contribution is -2.36. The van der Waals surface area contributed by atoms with Gasteiger partial charge in [0.25, 0.3) is 0 Å². The molecular weight excluding hydrogens is 276 g/mol. The lowest BCUT2D eigenvalue weighted by molar-refractivity contribution is 0.271. The molecule has 20 heavy (non-hydrogen) atoms. The number of nitrogens with zero attached hydrogens (tertiary/aromatic N) is 5. The van der Waals surface area contributed by atoms with Gasteiger partial charge < -0.3 is 4.90 Å². The fraction of sp³-hybridized carbons (Fsp3) is 0.769. The summed E-state index contributed by atoms with van der Waals surface area (Å²) < 4.78 is 0. The lowest BCUT2D eigenvalue weighted by Gasteiger charge is -2.29. The van der Waals surface area contributed by atoms with Crippen molar-refractivity contribution >= 4 is 23.5 Å². The van der Waals surface area contributed by atoms with Gasteiger partial charge in [-0.25, -0.2) is 5.01 Å². The molecule has 3 heterocycles. The molecule has 2 aliphatic heterocycles. The summed E-state index contributed by atoms with van der Waals surface area (Å²) in [6.45, 7) is 4.07. The van der Waals surface area contributed by atoms with Crippen molar-refractivity contribution in [1.29, 1.82) is 0 Å². The first kappa shape index (κ1) is 13.8. The smallest absolute Gasteiger partial charge is 0.243 e. The van der Waals surface area contributed by atoms with E-state index in [9.17, 15) is 0 Å². The predicted molar refractivity (Wildman–Crippen MR) is 79.9 cm³/mol. The van der Waals surface area contributed by atoms with Gasteiger partial charge in [0.2, 0.25) is 17.2 Å². The monoisotopic (exact) mass is 296 g/mol. The van der Waals surface area contributed by atoms with Crippen LogP contribution in [0.1, 0.15) is 38.5 Å². The second-order valence-corrected chi connectivity index (χ2v) is 5.77. The zero-order chi connectivity index (χ0) is 13.8. The van der Waals surface area contributed by atoms with Gasteiger partial charge in [0.15, 0.2) is 0 Å². The van der Waals surface area contributed by atoms with Gasteiger partial charge in [-0.3, -0.25) is 5.43 Å². The molecule has 0 saturated carbocycles. The van der Waals surface area contributed by atoms with E-state index in [0.717, 1.165) is 26.2 Å². The summed E-state index contributed by atoms with van der Waals surface area (Å²) >= 11 is 6.04. The summed E-state index contributed by atoms with van der Waals surface area (Å²) in [6, 6.07) is 0. The average molecular weight is 297 g/mol. The minimum absolute atomic E-state index is 0.264. The Morgan fingerprint density at radius 1 is 0.800 bits per heavy atom. The van der Waals surface area contributed by atoms with E-state index in [0.29, 0.717) is 11.9 Å². The highest BCUT2D eigenvalue weighted by atomic mass is 35.5. The molecule has 0 unspecified atom stereocenters. The lowest BCUT2D eigenvalue weighted by atomic mass is 10.1. The molecule has 1 aromatic heterocycles. The van der Waals surface area contributed by atoms with Crippen LogP contribution in [0.25, 0.3) is 0 Å². The van der Waals surface area contributed by atoms with Gasteiger partial charge >= 0.3 is 0 Å². The molecule has 7 heteroatoms. The summed E-state index contributed by atoms with van der Waals surface area (Å²) in [5.74, 6) is 1.26. The molecule has 110 valence electrons. The topological polar surface area (TPSA) is 57.2 Å². The third-order valence-electron chi connectivity index (χ3n) is 3.85. The molecule has 2 aliphatic rings. The molecule has 2 fully saturated rings. The summed E-state index contributed by atoms with van der Waals surface area (Å²) in [5.41, 5.74) is 3.26. The number of nitrogens with one attached hydrogen (secondary N) is 1. The first-order valence-corrected chi connectivity index (χ1v) is 7.87. The largest absolute Gasteiger partial charge is 0.341 e. The number of hydrogen-bond acceptors (Lipinski definition) is 6. The molecular formula is C13H21ClN6. The van der Waals surface area contributed by atoms with Crippen LogP contribution in [0.5, 0.6) is 0 Å².